The quantitative estimate of drug-likeness (QED) is 0.827. The molecule has 0 spiro atoms. The highest BCUT2D eigenvalue weighted by Gasteiger charge is 2.21. The van der Waals surface area contributed by atoms with Crippen LogP contribution in [0.25, 0.3) is 0 Å². The fourth-order valence-electron chi connectivity index (χ4n) is 3.32. The van der Waals surface area contributed by atoms with Crippen molar-refractivity contribution in [1.29, 1.82) is 0 Å². The van der Waals surface area contributed by atoms with E-state index in [1.165, 1.54) is 11.9 Å². The third-order valence-corrected chi connectivity index (χ3v) is 5.47. The number of nitrogens with one attached hydrogen (secondary N) is 2. The molecule has 1 saturated heterocycles. The second kappa shape index (κ2) is 8.43. The van der Waals surface area contributed by atoms with E-state index in [0.717, 1.165) is 25.9 Å². The lowest BCUT2D eigenvalue weighted by Gasteiger charge is -2.34. The molecule has 2 aromatic rings. The minimum atomic E-state index is -3.17. The van der Waals surface area contributed by atoms with Gasteiger partial charge in [0, 0.05) is 36.8 Å². The number of urea groups is 1. The van der Waals surface area contributed by atoms with Crippen molar-refractivity contribution in [2.75, 3.05) is 29.6 Å². The fourth-order valence-corrected chi connectivity index (χ4v) is 4.13. The van der Waals surface area contributed by atoms with Gasteiger partial charge in [-0.3, -0.25) is 0 Å². The van der Waals surface area contributed by atoms with Crippen molar-refractivity contribution in [3.05, 3.63) is 60.2 Å². The number of benzene rings is 2. The summed E-state index contributed by atoms with van der Waals surface area (Å²) in [5.74, 6) is -0.0983. The fraction of sp³-hybridized carbons (Fsp3) is 0.350. The van der Waals surface area contributed by atoms with Crippen LogP contribution >= 0.6 is 0 Å². The summed E-state index contributed by atoms with van der Waals surface area (Å²) >= 11 is 0. The van der Waals surface area contributed by atoms with E-state index in [0.29, 0.717) is 11.3 Å². The van der Waals surface area contributed by atoms with Crippen LogP contribution in [0.3, 0.4) is 0 Å². The number of piperidine rings is 1. The molecule has 0 aliphatic carbocycles. The predicted octanol–water partition coefficient (Wildman–Crippen LogP) is 3.02. The van der Waals surface area contributed by atoms with Gasteiger partial charge in [-0.1, -0.05) is 36.4 Å². The Morgan fingerprint density at radius 3 is 2.33 bits per heavy atom. The van der Waals surface area contributed by atoms with Crippen molar-refractivity contribution in [1.82, 2.24) is 5.32 Å². The van der Waals surface area contributed by atoms with Crippen LogP contribution in [0.5, 0.6) is 0 Å². The van der Waals surface area contributed by atoms with Gasteiger partial charge in [0.2, 0.25) is 0 Å². The molecule has 2 amide bonds. The van der Waals surface area contributed by atoms with Crippen LogP contribution in [-0.4, -0.2) is 39.8 Å². The number of para-hydroxylation sites is 2. The van der Waals surface area contributed by atoms with Gasteiger partial charge in [-0.05, 0) is 36.6 Å². The van der Waals surface area contributed by atoms with Gasteiger partial charge >= 0.3 is 6.03 Å². The Labute approximate surface area is 160 Å². The molecule has 3 rings (SSSR count). The molecular formula is C20H25N3O3S. The van der Waals surface area contributed by atoms with Crippen LogP contribution in [0.4, 0.5) is 16.2 Å². The summed E-state index contributed by atoms with van der Waals surface area (Å²) in [7, 11) is -3.17. The summed E-state index contributed by atoms with van der Waals surface area (Å²) in [4.78, 5) is 14.7. The second-order valence-corrected chi connectivity index (χ2v) is 9.06. The van der Waals surface area contributed by atoms with Crippen molar-refractivity contribution in [3.8, 4) is 0 Å². The number of sulfone groups is 1. The molecule has 0 unspecified atom stereocenters. The second-order valence-electron chi connectivity index (χ2n) is 6.92. The van der Waals surface area contributed by atoms with Gasteiger partial charge in [0.25, 0.3) is 0 Å². The highest BCUT2D eigenvalue weighted by molar-refractivity contribution is 7.89. The molecule has 2 aromatic carbocycles. The maximum absolute atomic E-state index is 12.4. The third kappa shape index (κ3) is 5.72. The van der Waals surface area contributed by atoms with E-state index >= 15 is 0 Å². The van der Waals surface area contributed by atoms with Gasteiger partial charge in [0.15, 0.2) is 9.84 Å². The summed E-state index contributed by atoms with van der Waals surface area (Å²) in [6.45, 7) is 1.78. The summed E-state index contributed by atoms with van der Waals surface area (Å²) in [6, 6.07) is 17.0. The zero-order valence-electron chi connectivity index (χ0n) is 15.4. The number of hydrogen-bond acceptors (Lipinski definition) is 4. The highest BCUT2D eigenvalue weighted by Crippen LogP contribution is 2.20. The van der Waals surface area contributed by atoms with Gasteiger partial charge in [0.05, 0.1) is 5.75 Å². The smallest absolute Gasteiger partial charge is 0.319 e. The number of amides is 2. The van der Waals surface area contributed by atoms with Crippen LogP contribution in [0, 0.1) is 0 Å². The number of carbonyl (C=O) groups is 1. The summed E-state index contributed by atoms with van der Waals surface area (Å²) in [6.07, 6.45) is 2.92. The largest absolute Gasteiger partial charge is 0.371 e. The molecule has 0 saturated carbocycles. The van der Waals surface area contributed by atoms with E-state index in [2.05, 4.69) is 27.7 Å². The summed E-state index contributed by atoms with van der Waals surface area (Å²) in [5, 5.41) is 5.80. The average molecular weight is 388 g/mol. The van der Waals surface area contributed by atoms with E-state index in [4.69, 9.17) is 0 Å². The highest BCUT2D eigenvalue weighted by atomic mass is 32.2. The molecule has 1 aliphatic heterocycles. The molecule has 0 radical (unpaired) electrons. The van der Waals surface area contributed by atoms with Gasteiger partial charge in [0.1, 0.15) is 0 Å². The van der Waals surface area contributed by atoms with Crippen LogP contribution < -0.4 is 15.5 Å². The maximum Gasteiger partial charge on any atom is 0.319 e. The van der Waals surface area contributed by atoms with E-state index in [1.54, 1.807) is 24.3 Å². The molecule has 0 atom stereocenters. The first kappa shape index (κ1) is 19.2. The third-order valence-electron chi connectivity index (χ3n) is 4.63. The Hall–Kier alpha value is -2.54. The van der Waals surface area contributed by atoms with Crippen LogP contribution in [0.2, 0.25) is 0 Å². The first-order valence-electron chi connectivity index (χ1n) is 9.04. The molecule has 6 nitrogen and oxygen atoms in total. The molecule has 0 bridgehead atoms. The van der Waals surface area contributed by atoms with Crippen LogP contribution in [-0.2, 0) is 15.6 Å². The van der Waals surface area contributed by atoms with Gasteiger partial charge in [-0.2, -0.15) is 0 Å². The number of anilines is 2. The zero-order valence-corrected chi connectivity index (χ0v) is 16.2. The van der Waals surface area contributed by atoms with Crippen molar-refractivity contribution in [2.24, 2.45) is 0 Å². The lowest BCUT2D eigenvalue weighted by atomic mass is 10.0. The molecule has 27 heavy (non-hydrogen) atoms. The summed E-state index contributed by atoms with van der Waals surface area (Å²) < 4.78 is 23.1. The standard InChI is InChI=1S/C20H25N3O3S/c1-27(25,26)15-16-7-5-6-10-19(16)22-20(24)21-17-11-13-23(14-12-17)18-8-3-2-4-9-18/h2-10,17H,11-15H2,1H3,(H2,21,22,24). The predicted molar refractivity (Wildman–Crippen MR) is 109 cm³/mol. The van der Waals surface area contributed by atoms with Gasteiger partial charge in [-0.25, -0.2) is 13.2 Å². The van der Waals surface area contributed by atoms with Crippen molar-refractivity contribution >= 4 is 27.2 Å². The van der Waals surface area contributed by atoms with Crippen molar-refractivity contribution in [2.45, 2.75) is 24.6 Å². The monoisotopic (exact) mass is 387 g/mol. The van der Waals surface area contributed by atoms with E-state index in [-0.39, 0.29) is 17.8 Å². The Morgan fingerprint density at radius 1 is 1.04 bits per heavy atom. The lowest BCUT2D eigenvalue weighted by Crippen LogP contribution is -2.46. The normalized spacial score (nSPS) is 15.4. The van der Waals surface area contributed by atoms with Crippen LogP contribution in [0.15, 0.2) is 54.6 Å². The Kier molecular flexibility index (Phi) is 6.01. The molecule has 1 fully saturated rings. The molecule has 7 heteroatoms. The van der Waals surface area contributed by atoms with Gasteiger partial charge in [-0.15, -0.1) is 0 Å². The molecule has 0 aromatic heterocycles. The summed E-state index contributed by atoms with van der Waals surface area (Å²) in [5.41, 5.74) is 2.33. The zero-order chi connectivity index (χ0) is 19.3. The Morgan fingerprint density at radius 2 is 1.67 bits per heavy atom. The average Bonchev–Trinajstić information content (AvgIpc) is 2.63. The van der Waals surface area contributed by atoms with Crippen molar-refractivity contribution < 1.29 is 13.2 Å². The SMILES string of the molecule is CS(=O)(=O)Cc1ccccc1NC(=O)NC1CCN(c2ccccc2)CC1. The minimum absolute atomic E-state index is 0.0983. The minimum Gasteiger partial charge on any atom is -0.371 e. The van der Waals surface area contributed by atoms with Crippen LogP contribution in [0.1, 0.15) is 18.4 Å². The van der Waals surface area contributed by atoms with Crippen molar-refractivity contribution in [3.63, 3.8) is 0 Å². The number of rotatable bonds is 5. The molecule has 1 aliphatic rings. The lowest BCUT2D eigenvalue weighted by molar-refractivity contribution is 0.246. The molecule has 1 heterocycles. The molecule has 144 valence electrons. The maximum atomic E-state index is 12.4. The van der Waals surface area contributed by atoms with E-state index < -0.39 is 9.84 Å². The Balaban J connectivity index is 1.54. The number of carbonyl (C=O) groups excluding carboxylic acids is 1. The van der Waals surface area contributed by atoms with Gasteiger partial charge < -0.3 is 15.5 Å². The van der Waals surface area contributed by atoms with E-state index in [1.807, 2.05) is 18.2 Å². The van der Waals surface area contributed by atoms with E-state index in [9.17, 15) is 13.2 Å². The molecular weight excluding hydrogens is 362 g/mol. The number of nitrogens with zero attached hydrogens (tertiary/aromatic N) is 1. The number of hydrogen-bond donors (Lipinski definition) is 2. The molecule has 2 N–H and O–H groups in total. The first-order valence-corrected chi connectivity index (χ1v) is 11.1. The Bertz CT molecular complexity index is 876. The first-order chi connectivity index (χ1) is 12.9. The topological polar surface area (TPSA) is 78.5 Å².